The molecule has 1 aromatic carbocycles. The van der Waals surface area contributed by atoms with Crippen LogP contribution in [0.15, 0.2) is 18.2 Å². The highest BCUT2D eigenvalue weighted by Gasteiger charge is 2.18. The summed E-state index contributed by atoms with van der Waals surface area (Å²) in [6.07, 6.45) is 1.07. The minimum atomic E-state index is -0.318. The van der Waals surface area contributed by atoms with Gasteiger partial charge >= 0.3 is 0 Å². The van der Waals surface area contributed by atoms with Crippen molar-refractivity contribution in [1.29, 1.82) is 0 Å². The van der Waals surface area contributed by atoms with Gasteiger partial charge in [0.1, 0.15) is 11.6 Å². The van der Waals surface area contributed by atoms with Gasteiger partial charge in [0, 0.05) is 18.2 Å². The van der Waals surface area contributed by atoms with E-state index in [9.17, 15) is 9.50 Å². The van der Waals surface area contributed by atoms with Crippen molar-refractivity contribution >= 4 is 0 Å². The summed E-state index contributed by atoms with van der Waals surface area (Å²) < 4.78 is 13.1. The summed E-state index contributed by atoms with van der Waals surface area (Å²) in [4.78, 5) is 0. The van der Waals surface area contributed by atoms with Crippen molar-refractivity contribution < 1.29 is 9.50 Å². The van der Waals surface area contributed by atoms with Gasteiger partial charge in [0.05, 0.1) is 0 Å². The molecule has 0 spiro atoms. The second kappa shape index (κ2) is 5.50. The molecule has 0 aliphatic rings. The zero-order chi connectivity index (χ0) is 13.1. The summed E-state index contributed by atoms with van der Waals surface area (Å²) in [5.41, 5.74) is 0.814. The third-order valence-corrected chi connectivity index (χ3v) is 3.30. The van der Waals surface area contributed by atoms with Gasteiger partial charge < -0.3 is 10.4 Å². The van der Waals surface area contributed by atoms with Crippen LogP contribution in [0.5, 0.6) is 5.75 Å². The number of rotatable bonds is 5. The van der Waals surface area contributed by atoms with Crippen molar-refractivity contribution in [1.82, 2.24) is 5.32 Å². The quantitative estimate of drug-likeness (QED) is 0.822. The highest BCUT2D eigenvalue weighted by molar-refractivity contribution is 5.34. The number of benzene rings is 1. The molecule has 17 heavy (non-hydrogen) atoms. The third kappa shape index (κ3) is 4.00. The van der Waals surface area contributed by atoms with Crippen LogP contribution in [-0.2, 0) is 0 Å². The molecule has 0 heterocycles. The molecule has 0 bridgehead atoms. The zero-order valence-corrected chi connectivity index (χ0v) is 11.0. The van der Waals surface area contributed by atoms with Gasteiger partial charge in [-0.1, -0.05) is 20.8 Å². The molecule has 0 aromatic heterocycles. The standard InChI is InChI=1S/C14H22FNO/c1-5-14(3,4)9-16-10(2)12-8-11(15)6-7-13(12)17/h6-8,10,16-17H,5,9H2,1-4H3. The monoisotopic (exact) mass is 239 g/mol. The van der Waals surface area contributed by atoms with Crippen molar-refractivity contribution in [3.63, 3.8) is 0 Å². The highest BCUT2D eigenvalue weighted by atomic mass is 19.1. The van der Waals surface area contributed by atoms with E-state index < -0.39 is 0 Å². The molecular formula is C14H22FNO. The van der Waals surface area contributed by atoms with E-state index in [1.54, 1.807) is 0 Å². The number of halogens is 1. The Bertz CT molecular complexity index is 376. The minimum absolute atomic E-state index is 0.0588. The Kier molecular flexibility index (Phi) is 4.52. The summed E-state index contributed by atoms with van der Waals surface area (Å²) in [7, 11) is 0. The van der Waals surface area contributed by atoms with Crippen molar-refractivity contribution in [2.75, 3.05) is 6.54 Å². The lowest BCUT2D eigenvalue weighted by Crippen LogP contribution is -2.30. The van der Waals surface area contributed by atoms with Gasteiger partial charge in [0.25, 0.3) is 0 Å². The van der Waals surface area contributed by atoms with Crippen LogP contribution in [0.1, 0.15) is 45.7 Å². The number of phenols is 1. The van der Waals surface area contributed by atoms with E-state index in [1.807, 2.05) is 6.92 Å². The zero-order valence-electron chi connectivity index (χ0n) is 11.0. The average molecular weight is 239 g/mol. The van der Waals surface area contributed by atoms with Gasteiger partial charge in [-0.3, -0.25) is 0 Å². The minimum Gasteiger partial charge on any atom is -0.508 e. The van der Waals surface area contributed by atoms with E-state index in [0.29, 0.717) is 5.56 Å². The molecule has 1 atom stereocenters. The molecule has 0 aliphatic carbocycles. The molecule has 3 heteroatoms. The first kappa shape index (κ1) is 14.0. The molecule has 0 saturated heterocycles. The molecular weight excluding hydrogens is 217 g/mol. The van der Waals surface area contributed by atoms with Crippen LogP contribution in [-0.4, -0.2) is 11.7 Å². The van der Waals surface area contributed by atoms with Gasteiger partial charge in [0.15, 0.2) is 0 Å². The van der Waals surface area contributed by atoms with E-state index in [0.717, 1.165) is 13.0 Å². The maximum Gasteiger partial charge on any atom is 0.123 e. The van der Waals surface area contributed by atoms with Crippen LogP contribution in [0.4, 0.5) is 4.39 Å². The van der Waals surface area contributed by atoms with Gasteiger partial charge in [-0.25, -0.2) is 4.39 Å². The Labute approximate surface area is 103 Å². The van der Waals surface area contributed by atoms with Crippen LogP contribution >= 0.6 is 0 Å². The number of phenolic OH excluding ortho intramolecular Hbond substituents is 1. The van der Waals surface area contributed by atoms with Gasteiger partial charge in [0.2, 0.25) is 0 Å². The summed E-state index contributed by atoms with van der Waals surface area (Å²) in [6, 6.07) is 3.98. The summed E-state index contributed by atoms with van der Waals surface area (Å²) in [6.45, 7) is 9.27. The topological polar surface area (TPSA) is 32.3 Å². The van der Waals surface area contributed by atoms with Crippen LogP contribution < -0.4 is 5.32 Å². The summed E-state index contributed by atoms with van der Waals surface area (Å²) in [5, 5.41) is 13.0. The predicted molar refractivity (Wildman–Crippen MR) is 68.6 cm³/mol. The van der Waals surface area contributed by atoms with Crippen molar-refractivity contribution in [3.05, 3.63) is 29.6 Å². The molecule has 2 nitrogen and oxygen atoms in total. The fourth-order valence-corrected chi connectivity index (χ4v) is 1.54. The first-order chi connectivity index (χ1) is 7.85. The fourth-order valence-electron chi connectivity index (χ4n) is 1.54. The largest absolute Gasteiger partial charge is 0.508 e. The molecule has 2 N–H and O–H groups in total. The van der Waals surface area contributed by atoms with E-state index in [4.69, 9.17) is 0 Å². The lowest BCUT2D eigenvalue weighted by atomic mass is 9.90. The molecule has 0 aliphatic heterocycles. The highest BCUT2D eigenvalue weighted by Crippen LogP contribution is 2.26. The Hall–Kier alpha value is -1.09. The number of aromatic hydroxyl groups is 1. The molecule has 0 amide bonds. The molecule has 0 radical (unpaired) electrons. The maximum absolute atomic E-state index is 13.1. The second-order valence-electron chi connectivity index (χ2n) is 5.32. The van der Waals surface area contributed by atoms with Crippen LogP contribution in [0.25, 0.3) is 0 Å². The Morgan fingerprint density at radius 2 is 2.06 bits per heavy atom. The van der Waals surface area contributed by atoms with Gasteiger partial charge in [-0.2, -0.15) is 0 Å². The first-order valence-corrected chi connectivity index (χ1v) is 6.07. The van der Waals surface area contributed by atoms with Gasteiger partial charge in [-0.15, -0.1) is 0 Å². The van der Waals surface area contributed by atoms with Crippen LogP contribution in [0.2, 0.25) is 0 Å². The lowest BCUT2D eigenvalue weighted by Gasteiger charge is -2.26. The molecule has 1 aromatic rings. The molecule has 96 valence electrons. The van der Waals surface area contributed by atoms with Gasteiger partial charge in [-0.05, 0) is 37.0 Å². The summed E-state index contributed by atoms with van der Waals surface area (Å²) >= 11 is 0. The number of hydrogen-bond acceptors (Lipinski definition) is 2. The van der Waals surface area contributed by atoms with Crippen LogP contribution in [0, 0.1) is 11.2 Å². The SMILES string of the molecule is CCC(C)(C)CNC(C)c1cc(F)ccc1O. The van der Waals surface area contributed by atoms with Crippen molar-refractivity contribution in [2.24, 2.45) is 5.41 Å². The van der Waals surface area contributed by atoms with E-state index in [1.165, 1.54) is 18.2 Å². The average Bonchev–Trinajstić information content (AvgIpc) is 2.29. The molecule has 0 fully saturated rings. The Morgan fingerprint density at radius 1 is 1.41 bits per heavy atom. The van der Waals surface area contributed by atoms with E-state index in [-0.39, 0.29) is 23.0 Å². The van der Waals surface area contributed by atoms with Crippen LogP contribution in [0.3, 0.4) is 0 Å². The normalized spacial score (nSPS) is 13.7. The molecule has 1 unspecified atom stereocenters. The fraction of sp³-hybridized carbons (Fsp3) is 0.571. The van der Waals surface area contributed by atoms with E-state index in [2.05, 4.69) is 26.1 Å². The van der Waals surface area contributed by atoms with E-state index >= 15 is 0 Å². The Balaban J connectivity index is 2.70. The lowest BCUT2D eigenvalue weighted by molar-refractivity contribution is 0.311. The number of nitrogens with one attached hydrogen (secondary N) is 1. The smallest absolute Gasteiger partial charge is 0.123 e. The number of hydrogen-bond donors (Lipinski definition) is 2. The second-order valence-corrected chi connectivity index (χ2v) is 5.32. The summed E-state index contributed by atoms with van der Waals surface area (Å²) in [5.74, 6) is -0.179. The maximum atomic E-state index is 13.1. The molecule has 0 saturated carbocycles. The van der Waals surface area contributed by atoms with Crippen molar-refractivity contribution in [2.45, 2.75) is 40.2 Å². The first-order valence-electron chi connectivity index (χ1n) is 6.07. The van der Waals surface area contributed by atoms with Crippen molar-refractivity contribution in [3.8, 4) is 5.75 Å². The molecule has 1 rings (SSSR count). The third-order valence-electron chi connectivity index (χ3n) is 3.30. The Morgan fingerprint density at radius 3 is 2.65 bits per heavy atom. The predicted octanol–water partition coefficient (Wildman–Crippen LogP) is 3.62.